The average Bonchev–Trinajstić information content (AvgIpc) is 2.70. The number of fused-ring (bicyclic) bond motifs is 1. The lowest BCUT2D eigenvalue weighted by Crippen LogP contribution is -2.20. The first-order valence-corrected chi connectivity index (χ1v) is 6.39. The van der Waals surface area contributed by atoms with Crippen LogP contribution in [0.4, 0.5) is 4.39 Å². The first kappa shape index (κ1) is 12.4. The second-order valence-electron chi connectivity index (χ2n) is 4.80. The molecule has 2 nitrogen and oxygen atoms in total. The average molecular weight is 237 g/mol. The van der Waals surface area contributed by atoms with Crippen molar-refractivity contribution >= 4 is 0 Å². The normalized spacial score (nSPS) is 19.8. The van der Waals surface area contributed by atoms with Crippen molar-refractivity contribution in [1.29, 1.82) is 0 Å². The van der Waals surface area contributed by atoms with Gasteiger partial charge in [0.2, 0.25) is 0 Å². The van der Waals surface area contributed by atoms with E-state index in [1.807, 2.05) is 0 Å². The molecule has 0 aliphatic carbocycles. The summed E-state index contributed by atoms with van der Waals surface area (Å²) in [6, 6.07) is 5.06. The Labute approximate surface area is 102 Å². The van der Waals surface area contributed by atoms with Crippen molar-refractivity contribution in [1.82, 2.24) is 0 Å². The molecule has 2 unspecified atom stereocenters. The van der Waals surface area contributed by atoms with Crippen LogP contribution in [-0.2, 0) is 6.42 Å². The van der Waals surface area contributed by atoms with Crippen molar-refractivity contribution in [3.05, 3.63) is 29.6 Å². The van der Waals surface area contributed by atoms with E-state index in [1.165, 1.54) is 6.07 Å². The minimum Gasteiger partial charge on any atom is -0.490 e. The number of rotatable bonds is 5. The Morgan fingerprint density at radius 1 is 1.53 bits per heavy atom. The summed E-state index contributed by atoms with van der Waals surface area (Å²) < 4.78 is 18.8. The van der Waals surface area contributed by atoms with Gasteiger partial charge in [0, 0.05) is 18.0 Å². The third-order valence-electron chi connectivity index (χ3n) is 3.39. The first-order chi connectivity index (χ1) is 8.19. The van der Waals surface area contributed by atoms with Gasteiger partial charge in [-0.05, 0) is 43.9 Å². The van der Waals surface area contributed by atoms with Crippen LogP contribution in [0.15, 0.2) is 18.2 Å². The fourth-order valence-corrected chi connectivity index (χ4v) is 2.26. The van der Waals surface area contributed by atoms with Crippen molar-refractivity contribution in [2.45, 2.75) is 51.2 Å². The molecule has 0 fully saturated rings. The van der Waals surface area contributed by atoms with Crippen molar-refractivity contribution in [2.24, 2.45) is 5.73 Å². The molecule has 94 valence electrons. The van der Waals surface area contributed by atoms with Gasteiger partial charge in [0.15, 0.2) is 0 Å². The molecular formula is C14H20FNO. The quantitative estimate of drug-likeness (QED) is 0.854. The molecule has 1 aliphatic heterocycles. The second-order valence-corrected chi connectivity index (χ2v) is 4.80. The predicted octanol–water partition coefficient (Wildman–Crippen LogP) is 3.04. The molecule has 1 aromatic rings. The van der Waals surface area contributed by atoms with E-state index in [9.17, 15) is 4.39 Å². The van der Waals surface area contributed by atoms with Gasteiger partial charge in [0.05, 0.1) is 0 Å². The van der Waals surface area contributed by atoms with Crippen LogP contribution in [0.5, 0.6) is 5.75 Å². The number of ether oxygens (including phenoxy) is 1. The minimum atomic E-state index is -0.180. The lowest BCUT2D eigenvalue weighted by molar-refractivity contribution is 0.215. The Kier molecular flexibility index (Phi) is 4.00. The van der Waals surface area contributed by atoms with E-state index in [1.54, 1.807) is 12.1 Å². The summed E-state index contributed by atoms with van der Waals surface area (Å²) in [4.78, 5) is 0. The fourth-order valence-electron chi connectivity index (χ4n) is 2.26. The first-order valence-electron chi connectivity index (χ1n) is 6.39. The van der Waals surface area contributed by atoms with Crippen LogP contribution >= 0.6 is 0 Å². The lowest BCUT2D eigenvalue weighted by atomic mass is 10.0. The highest BCUT2D eigenvalue weighted by Gasteiger charge is 2.22. The molecule has 2 atom stereocenters. The molecule has 3 heteroatoms. The summed E-state index contributed by atoms with van der Waals surface area (Å²) in [6.45, 7) is 2.11. The molecular weight excluding hydrogens is 217 g/mol. The molecule has 1 aliphatic rings. The van der Waals surface area contributed by atoms with Crippen molar-refractivity contribution < 1.29 is 9.13 Å². The van der Waals surface area contributed by atoms with Crippen LogP contribution < -0.4 is 10.5 Å². The van der Waals surface area contributed by atoms with E-state index < -0.39 is 0 Å². The van der Waals surface area contributed by atoms with Gasteiger partial charge in [-0.1, -0.05) is 6.92 Å². The smallest absolute Gasteiger partial charge is 0.123 e. The van der Waals surface area contributed by atoms with Gasteiger partial charge in [0.25, 0.3) is 0 Å². The molecule has 0 radical (unpaired) electrons. The third kappa shape index (κ3) is 3.19. The number of nitrogens with two attached hydrogens (primary N) is 1. The van der Waals surface area contributed by atoms with Crippen molar-refractivity contribution in [2.75, 3.05) is 0 Å². The maximum atomic E-state index is 13.0. The molecule has 0 aromatic heterocycles. The van der Waals surface area contributed by atoms with E-state index in [2.05, 4.69) is 6.92 Å². The zero-order valence-electron chi connectivity index (χ0n) is 10.3. The largest absolute Gasteiger partial charge is 0.490 e. The predicted molar refractivity (Wildman–Crippen MR) is 66.6 cm³/mol. The highest BCUT2D eigenvalue weighted by molar-refractivity contribution is 5.37. The molecule has 1 heterocycles. The monoisotopic (exact) mass is 237 g/mol. The Bertz CT molecular complexity index is 380. The highest BCUT2D eigenvalue weighted by Crippen LogP contribution is 2.31. The number of hydrogen-bond donors (Lipinski definition) is 1. The summed E-state index contributed by atoms with van der Waals surface area (Å²) in [7, 11) is 0. The summed E-state index contributed by atoms with van der Waals surface area (Å²) in [5.74, 6) is 0.664. The molecule has 0 amide bonds. The van der Waals surface area contributed by atoms with E-state index in [0.717, 1.165) is 43.4 Å². The van der Waals surface area contributed by atoms with Crippen LogP contribution in [0, 0.1) is 5.82 Å². The zero-order valence-corrected chi connectivity index (χ0v) is 10.3. The van der Waals surface area contributed by atoms with Crippen molar-refractivity contribution in [3.8, 4) is 5.75 Å². The van der Waals surface area contributed by atoms with Crippen LogP contribution in [-0.4, -0.2) is 12.1 Å². The van der Waals surface area contributed by atoms with Gasteiger partial charge in [-0.25, -0.2) is 4.39 Å². The van der Waals surface area contributed by atoms with E-state index in [4.69, 9.17) is 10.5 Å². The maximum Gasteiger partial charge on any atom is 0.123 e. The fraction of sp³-hybridized carbons (Fsp3) is 0.571. The Morgan fingerprint density at radius 2 is 2.35 bits per heavy atom. The molecule has 2 rings (SSSR count). The summed E-state index contributed by atoms with van der Waals surface area (Å²) in [5.41, 5.74) is 6.87. The number of halogens is 1. The maximum absolute atomic E-state index is 13.0. The minimum absolute atomic E-state index is 0.180. The van der Waals surface area contributed by atoms with E-state index in [-0.39, 0.29) is 11.9 Å². The SMILES string of the molecule is CCC(N)CCCC1Cc2cc(F)ccc2O1. The van der Waals surface area contributed by atoms with Gasteiger partial charge in [-0.3, -0.25) is 0 Å². The van der Waals surface area contributed by atoms with Gasteiger partial charge in [0.1, 0.15) is 17.7 Å². The standard InChI is InChI=1S/C14H20FNO/c1-2-12(16)4-3-5-13-9-10-8-11(15)6-7-14(10)17-13/h6-8,12-13H,2-5,9,16H2,1H3. The molecule has 0 spiro atoms. The van der Waals surface area contributed by atoms with Gasteiger partial charge >= 0.3 is 0 Å². The Hall–Kier alpha value is -1.09. The van der Waals surface area contributed by atoms with Gasteiger partial charge < -0.3 is 10.5 Å². The second kappa shape index (κ2) is 5.50. The van der Waals surface area contributed by atoms with E-state index >= 15 is 0 Å². The summed E-state index contributed by atoms with van der Waals surface area (Å²) in [5, 5.41) is 0. The van der Waals surface area contributed by atoms with Crippen molar-refractivity contribution in [3.63, 3.8) is 0 Å². The van der Waals surface area contributed by atoms with E-state index in [0.29, 0.717) is 6.04 Å². The van der Waals surface area contributed by atoms with Crippen LogP contribution in [0.3, 0.4) is 0 Å². The molecule has 0 saturated carbocycles. The Balaban J connectivity index is 1.80. The van der Waals surface area contributed by atoms with Crippen LogP contribution in [0.25, 0.3) is 0 Å². The molecule has 0 bridgehead atoms. The lowest BCUT2D eigenvalue weighted by Gasteiger charge is -2.12. The zero-order chi connectivity index (χ0) is 12.3. The molecule has 1 aromatic carbocycles. The molecule has 2 N–H and O–H groups in total. The number of hydrogen-bond acceptors (Lipinski definition) is 2. The summed E-state index contributed by atoms with van der Waals surface area (Å²) >= 11 is 0. The van der Waals surface area contributed by atoms with Crippen LogP contribution in [0.1, 0.15) is 38.2 Å². The topological polar surface area (TPSA) is 35.2 Å². The van der Waals surface area contributed by atoms with Crippen LogP contribution in [0.2, 0.25) is 0 Å². The molecule has 17 heavy (non-hydrogen) atoms. The summed E-state index contributed by atoms with van der Waals surface area (Å²) in [6.07, 6.45) is 5.18. The third-order valence-corrected chi connectivity index (χ3v) is 3.39. The van der Waals surface area contributed by atoms with Gasteiger partial charge in [-0.15, -0.1) is 0 Å². The van der Waals surface area contributed by atoms with Gasteiger partial charge in [-0.2, -0.15) is 0 Å². The molecule has 0 saturated heterocycles. The highest BCUT2D eigenvalue weighted by atomic mass is 19.1. The Morgan fingerprint density at radius 3 is 3.12 bits per heavy atom. The number of benzene rings is 1.